The summed E-state index contributed by atoms with van der Waals surface area (Å²) < 4.78 is 0. The third-order valence-electron chi connectivity index (χ3n) is 4.57. The van der Waals surface area contributed by atoms with Gasteiger partial charge in [-0.1, -0.05) is 46.0 Å². The van der Waals surface area contributed by atoms with Crippen LogP contribution in [0.1, 0.15) is 84.5 Å². The zero-order valence-corrected chi connectivity index (χ0v) is 13.4. The molecule has 0 aromatic carbocycles. The van der Waals surface area contributed by atoms with Crippen LogP contribution >= 0.6 is 0 Å². The Morgan fingerprint density at radius 3 is 2.05 bits per heavy atom. The van der Waals surface area contributed by atoms with Crippen molar-refractivity contribution in [3.63, 3.8) is 0 Å². The van der Waals surface area contributed by atoms with Crippen LogP contribution in [0, 0.1) is 0 Å². The van der Waals surface area contributed by atoms with Gasteiger partial charge < -0.3 is 10.6 Å². The number of nitrogens with zero attached hydrogens (tertiary/aromatic N) is 1. The Kier molecular flexibility index (Phi) is 9.54. The fraction of sp³-hybridized carbons (Fsp3) is 1.00. The SMILES string of the molecule is CCCCCCCCN(CCC)C1CCC(N)CC1. The molecule has 0 spiro atoms. The van der Waals surface area contributed by atoms with Crippen molar-refractivity contribution < 1.29 is 0 Å². The molecule has 19 heavy (non-hydrogen) atoms. The number of unbranched alkanes of at least 4 members (excludes halogenated alkanes) is 5. The molecule has 0 aromatic heterocycles. The fourth-order valence-corrected chi connectivity index (χ4v) is 3.33. The molecule has 0 saturated heterocycles. The molecule has 114 valence electrons. The van der Waals surface area contributed by atoms with Gasteiger partial charge in [0.05, 0.1) is 0 Å². The minimum Gasteiger partial charge on any atom is -0.328 e. The van der Waals surface area contributed by atoms with Crippen LogP contribution in [0.5, 0.6) is 0 Å². The van der Waals surface area contributed by atoms with E-state index in [0.717, 1.165) is 6.04 Å². The average Bonchev–Trinajstić information content (AvgIpc) is 2.42. The summed E-state index contributed by atoms with van der Waals surface area (Å²) >= 11 is 0. The zero-order valence-electron chi connectivity index (χ0n) is 13.4. The summed E-state index contributed by atoms with van der Waals surface area (Å²) in [5.41, 5.74) is 6.02. The van der Waals surface area contributed by atoms with Crippen molar-refractivity contribution in [3.05, 3.63) is 0 Å². The van der Waals surface area contributed by atoms with Gasteiger partial charge in [-0.15, -0.1) is 0 Å². The first-order valence-electron chi connectivity index (χ1n) is 8.77. The summed E-state index contributed by atoms with van der Waals surface area (Å²) in [6.07, 6.45) is 14.9. The number of hydrogen-bond donors (Lipinski definition) is 1. The van der Waals surface area contributed by atoms with Crippen LogP contribution in [0.15, 0.2) is 0 Å². The predicted octanol–water partition coefficient (Wildman–Crippen LogP) is 4.33. The lowest BCUT2D eigenvalue weighted by atomic mass is 9.90. The van der Waals surface area contributed by atoms with Gasteiger partial charge in [0.15, 0.2) is 0 Å². The minimum absolute atomic E-state index is 0.480. The van der Waals surface area contributed by atoms with Crippen molar-refractivity contribution in [2.45, 2.75) is 96.6 Å². The number of hydrogen-bond acceptors (Lipinski definition) is 2. The molecule has 2 N–H and O–H groups in total. The summed E-state index contributed by atoms with van der Waals surface area (Å²) in [6.45, 7) is 7.20. The Hall–Kier alpha value is -0.0800. The average molecular weight is 268 g/mol. The molecule has 1 aliphatic carbocycles. The summed E-state index contributed by atoms with van der Waals surface area (Å²) in [5, 5.41) is 0. The first-order chi connectivity index (χ1) is 9.27. The van der Waals surface area contributed by atoms with Crippen LogP contribution in [0.25, 0.3) is 0 Å². The predicted molar refractivity (Wildman–Crippen MR) is 85.5 cm³/mol. The summed E-state index contributed by atoms with van der Waals surface area (Å²) in [5.74, 6) is 0. The van der Waals surface area contributed by atoms with Crippen LogP contribution in [0.2, 0.25) is 0 Å². The lowest BCUT2D eigenvalue weighted by Crippen LogP contribution is -2.41. The molecule has 0 bridgehead atoms. The largest absolute Gasteiger partial charge is 0.328 e. The van der Waals surface area contributed by atoms with E-state index in [1.165, 1.54) is 83.7 Å². The van der Waals surface area contributed by atoms with Gasteiger partial charge in [0.1, 0.15) is 0 Å². The number of nitrogens with two attached hydrogens (primary N) is 1. The van der Waals surface area contributed by atoms with Gasteiger partial charge in [0.2, 0.25) is 0 Å². The monoisotopic (exact) mass is 268 g/mol. The van der Waals surface area contributed by atoms with Gasteiger partial charge in [-0.3, -0.25) is 0 Å². The van der Waals surface area contributed by atoms with Crippen molar-refractivity contribution in [2.24, 2.45) is 5.73 Å². The van der Waals surface area contributed by atoms with E-state index < -0.39 is 0 Å². The van der Waals surface area contributed by atoms with E-state index in [9.17, 15) is 0 Å². The Bertz CT molecular complexity index is 197. The highest BCUT2D eigenvalue weighted by Crippen LogP contribution is 2.23. The normalized spacial score (nSPS) is 24.0. The molecular formula is C17H36N2. The van der Waals surface area contributed by atoms with Gasteiger partial charge >= 0.3 is 0 Å². The third kappa shape index (κ3) is 7.31. The van der Waals surface area contributed by atoms with E-state index in [0.29, 0.717) is 6.04 Å². The summed E-state index contributed by atoms with van der Waals surface area (Å²) in [4.78, 5) is 2.76. The van der Waals surface area contributed by atoms with E-state index in [1.54, 1.807) is 0 Å². The first-order valence-corrected chi connectivity index (χ1v) is 8.77. The van der Waals surface area contributed by atoms with Gasteiger partial charge in [0, 0.05) is 12.1 Å². The maximum Gasteiger partial charge on any atom is 0.00964 e. The highest BCUT2D eigenvalue weighted by Gasteiger charge is 2.23. The third-order valence-corrected chi connectivity index (χ3v) is 4.57. The van der Waals surface area contributed by atoms with Gasteiger partial charge in [-0.05, 0) is 51.6 Å². The Balaban J connectivity index is 2.16. The zero-order chi connectivity index (χ0) is 13.9. The minimum atomic E-state index is 0.480. The Labute approximate surface area is 121 Å². The molecule has 0 unspecified atom stereocenters. The van der Waals surface area contributed by atoms with Crippen molar-refractivity contribution in [2.75, 3.05) is 13.1 Å². The van der Waals surface area contributed by atoms with E-state index in [2.05, 4.69) is 18.7 Å². The maximum absolute atomic E-state index is 6.02. The molecule has 0 atom stereocenters. The molecular weight excluding hydrogens is 232 g/mol. The van der Waals surface area contributed by atoms with Crippen LogP contribution in [-0.2, 0) is 0 Å². The van der Waals surface area contributed by atoms with E-state index in [1.807, 2.05) is 0 Å². The van der Waals surface area contributed by atoms with Crippen LogP contribution in [0.3, 0.4) is 0 Å². The van der Waals surface area contributed by atoms with Crippen molar-refractivity contribution in [1.82, 2.24) is 4.90 Å². The smallest absolute Gasteiger partial charge is 0.00964 e. The highest BCUT2D eigenvalue weighted by molar-refractivity contribution is 4.81. The molecule has 1 saturated carbocycles. The van der Waals surface area contributed by atoms with Crippen molar-refractivity contribution in [3.8, 4) is 0 Å². The second-order valence-corrected chi connectivity index (χ2v) is 6.37. The summed E-state index contributed by atoms with van der Waals surface area (Å²) in [6, 6.07) is 1.31. The molecule has 1 rings (SSSR count). The lowest BCUT2D eigenvalue weighted by molar-refractivity contribution is 0.146. The molecule has 0 aliphatic heterocycles. The Morgan fingerprint density at radius 2 is 1.42 bits per heavy atom. The van der Waals surface area contributed by atoms with E-state index in [-0.39, 0.29) is 0 Å². The van der Waals surface area contributed by atoms with Crippen molar-refractivity contribution >= 4 is 0 Å². The first kappa shape index (κ1) is 17.0. The van der Waals surface area contributed by atoms with Gasteiger partial charge in [-0.2, -0.15) is 0 Å². The topological polar surface area (TPSA) is 29.3 Å². The standard InChI is InChI=1S/C17H36N2/c1-3-5-6-7-8-9-15-19(14-4-2)17-12-10-16(18)11-13-17/h16-17H,3-15,18H2,1-2H3. The molecule has 0 radical (unpaired) electrons. The fourth-order valence-electron chi connectivity index (χ4n) is 3.33. The second-order valence-electron chi connectivity index (χ2n) is 6.37. The van der Waals surface area contributed by atoms with E-state index >= 15 is 0 Å². The van der Waals surface area contributed by atoms with Crippen molar-refractivity contribution in [1.29, 1.82) is 0 Å². The molecule has 2 heteroatoms. The van der Waals surface area contributed by atoms with E-state index in [4.69, 9.17) is 5.73 Å². The second kappa shape index (κ2) is 10.7. The molecule has 2 nitrogen and oxygen atoms in total. The Morgan fingerprint density at radius 1 is 0.789 bits per heavy atom. The molecule has 1 fully saturated rings. The van der Waals surface area contributed by atoms with Crippen LogP contribution < -0.4 is 5.73 Å². The maximum atomic E-state index is 6.02. The lowest BCUT2D eigenvalue weighted by Gasteiger charge is -2.36. The van der Waals surface area contributed by atoms with Crippen LogP contribution in [-0.4, -0.2) is 30.1 Å². The summed E-state index contributed by atoms with van der Waals surface area (Å²) in [7, 11) is 0. The molecule has 1 aliphatic rings. The molecule has 0 heterocycles. The number of rotatable bonds is 10. The van der Waals surface area contributed by atoms with Gasteiger partial charge in [0.25, 0.3) is 0 Å². The highest BCUT2D eigenvalue weighted by atomic mass is 15.1. The quantitative estimate of drug-likeness (QED) is 0.598. The van der Waals surface area contributed by atoms with Crippen LogP contribution in [0.4, 0.5) is 0 Å². The van der Waals surface area contributed by atoms with Gasteiger partial charge in [-0.25, -0.2) is 0 Å². The molecule has 0 amide bonds. The molecule has 0 aromatic rings.